The third kappa shape index (κ3) is 5.20. The average Bonchev–Trinajstić information content (AvgIpc) is 3.79. The Kier molecular flexibility index (Phi) is 7.17. The zero-order valence-electron chi connectivity index (χ0n) is 29.9. The summed E-state index contributed by atoms with van der Waals surface area (Å²) in [5.74, 6) is 0. The van der Waals surface area contributed by atoms with Crippen molar-refractivity contribution < 1.29 is 4.42 Å². The molecule has 258 valence electrons. The van der Waals surface area contributed by atoms with Crippen molar-refractivity contribution >= 4 is 71.6 Å². The summed E-state index contributed by atoms with van der Waals surface area (Å²) in [6.45, 7) is 0. The number of hydrogen-bond acceptors (Lipinski definition) is 2. The Morgan fingerprint density at radius 1 is 0.364 bits per heavy atom. The van der Waals surface area contributed by atoms with Crippen LogP contribution >= 0.6 is 0 Å². The minimum atomic E-state index is 0.901. The van der Waals surface area contributed by atoms with Crippen LogP contribution in [0.25, 0.3) is 82.5 Å². The Morgan fingerprint density at radius 3 is 1.80 bits per heavy atom. The van der Waals surface area contributed by atoms with Gasteiger partial charge in [-0.1, -0.05) is 133 Å². The van der Waals surface area contributed by atoms with Gasteiger partial charge in [0.15, 0.2) is 0 Å². The molecule has 0 saturated heterocycles. The van der Waals surface area contributed by atoms with Gasteiger partial charge in [-0.15, -0.1) is 0 Å². The monoisotopic (exact) mass is 702 g/mol. The predicted octanol–water partition coefficient (Wildman–Crippen LogP) is 14.6. The van der Waals surface area contributed by atoms with Gasteiger partial charge in [-0.2, -0.15) is 0 Å². The fraction of sp³-hybridized carbons (Fsp3) is 0. The highest BCUT2D eigenvalue weighted by Gasteiger charge is 2.18. The highest BCUT2D eigenvalue weighted by atomic mass is 16.3. The molecule has 0 unspecified atom stereocenters. The van der Waals surface area contributed by atoms with Crippen LogP contribution in [0.2, 0.25) is 0 Å². The number of para-hydroxylation sites is 3. The molecule has 2 aromatic heterocycles. The second-order valence-corrected chi connectivity index (χ2v) is 14.2. The number of aromatic nitrogens is 1. The van der Waals surface area contributed by atoms with Crippen LogP contribution in [-0.4, -0.2) is 4.57 Å². The second kappa shape index (κ2) is 12.6. The number of nitrogens with zero attached hydrogens (tertiary/aromatic N) is 2. The van der Waals surface area contributed by atoms with E-state index in [9.17, 15) is 0 Å². The molecule has 3 heteroatoms. The highest BCUT2D eigenvalue weighted by molar-refractivity contribution is 6.14. The molecule has 9 aromatic carbocycles. The first kappa shape index (κ1) is 31.2. The SMILES string of the molecule is c1ccc(-c2ccc(N(c3ccc(-n4c5ccccc5c5cc6ccccc6cc54)cc3)c3cccc(-c4cccc5c4oc4ccccc45)c3)cc2)cc1. The second-order valence-electron chi connectivity index (χ2n) is 14.2. The molecule has 3 nitrogen and oxygen atoms in total. The molecule has 55 heavy (non-hydrogen) atoms. The fourth-order valence-electron chi connectivity index (χ4n) is 8.35. The summed E-state index contributed by atoms with van der Waals surface area (Å²) >= 11 is 0. The normalized spacial score (nSPS) is 11.6. The van der Waals surface area contributed by atoms with E-state index in [4.69, 9.17) is 4.42 Å². The predicted molar refractivity (Wildman–Crippen MR) is 231 cm³/mol. The minimum Gasteiger partial charge on any atom is -0.455 e. The van der Waals surface area contributed by atoms with Crippen molar-refractivity contribution in [1.29, 1.82) is 0 Å². The lowest BCUT2D eigenvalue weighted by Gasteiger charge is -2.26. The molecule has 0 spiro atoms. The van der Waals surface area contributed by atoms with Crippen molar-refractivity contribution in [2.45, 2.75) is 0 Å². The van der Waals surface area contributed by atoms with Crippen molar-refractivity contribution in [2.24, 2.45) is 0 Å². The molecule has 0 radical (unpaired) electrons. The van der Waals surface area contributed by atoms with E-state index in [1.165, 1.54) is 43.7 Å². The highest BCUT2D eigenvalue weighted by Crippen LogP contribution is 2.41. The van der Waals surface area contributed by atoms with Crippen molar-refractivity contribution in [3.8, 4) is 27.9 Å². The van der Waals surface area contributed by atoms with Crippen LogP contribution in [0.1, 0.15) is 0 Å². The van der Waals surface area contributed by atoms with Crippen molar-refractivity contribution in [1.82, 2.24) is 4.57 Å². The molecule has 0 aliphatic carbocycles. The average molecular weight is 703 g/mol. The first-order valence-electron chi connectivity index (χ1n) is 18.8. The minimum absolute atomic E-state index is 0.901. The van der Waals surface area contributed by atoms with Gasteiger partial charge in [-0.05, 0) is 100 Å². The summed E-state index contributed by atoms with van der Waals surface area (Å²) in [5.41, 5.74) is 13.1. The summed E-state index contributed by atoms with van der Waals surface area (Å²) in [6.07, 6.45) is 0. The lowest BCUT2D eigenvalue weighted by Crippen LogP contribution is -2.10. The van der Waals surface area contributed by atoms with Crippen molar-refractivity contribution in [3.05, 3.63) is 206 Å². The molecular weight excluding hydrogens is 669 g/mol. The van der Waals surface area contributed by atoms with Crippen LogP contribution in [0.3, 0.4) is 0 Å². The lowest BCUT2D eigenvalue weighted by atomic mass is 10.0. The Balaban J connectivity index is 1.06. The Hall–Kier alpha value is -7.36. The molecule has 11 aromatic rings. The first-order valence-corrected chi connectivity index (χ1v) is 18.8. The van der Waals surface area contributed by atoms with Gasteiger partial charge in [0.1, 0.15) is 11.2 Å². The van der Waals surface area contributed by atoms with Gasteiger partial charge < -0.3 is 13.9 Å². The third-order valence-corrected chi connectivity index (χ3v) is 11.0. The van der Waals surface area contributed by atoms with E-state index in [1.807, 2.05) is 12.1 Å². The molecule has 0 bridgehead atoms. The molecule has 2 heterocycles. The van der Waals surface area contributed by atoms with E-state index in [0.29, 0.717) is 0 Å². The van der Waals surface area contributed by atoms with E-state index in [0.717, 1.165) is 55.8 Å². The maximum atomic E-state index is 6.48. The molecule has 11 rings (SSSR count). The maximum absolute atomic E-state index is 6.48. The number of rotatable bonds is 6. The van der Waals surface area contributed by atoms with Crippen molar-refractivity contribution in [3.63, 3.8) is 0 Å². The van der Waals surface area contributed by atoms with Gasteiger partial charge in [0.05, 0.1) is 11.0 Å². The number of furan rings is 1. The van der Waals surface area contributed by atoms with E-state index in [-0.39, 0.29) is 0 Å². The molecule has 0 saturated carbocycles. The van der Waals surface area contributed by atoms with Crippen LogP contribution in [0, 0.1) is 0 Å². The maximum Gasteiger partial charge on any atom is 0.143 e. The van der Waals surface area contributed by atoms with Crippen LogP contribution in [0.15, 0.2) is 211 Å². The van der Waals surface area contributed by atoms with Gasteiger partial charge in [-0.3, -0.25) is 0 Å². The summed E-state index contributed by atoms with van der Waals surface area (Å²) in [5, 5.41) is 7.26. The topological polar surface area (TPSA) is 21.3 Å². The first-order chi connectivity index (χ1) is 27.3. The van der Waals surface area contributed by atoms with E-state index < -0.39 is 0 Å². The molecule has 0 aliphatic rings. The van der Waals surface area contributed by atoms with Crippen LogP contribution < -0.4 is 4.90 Å². The molecule has 0 atom stereocenters. The number of benzene rings is 9. The smallest absolute Gasteiger partial charge is 0.143 e. The zero-order valence-corrected chi connectivity index (χ0v) is 29.9. The Bertz CT molecular complexity index is 3190. The molecule has 0 fully saturated rings. The van der Waals surface area contributed by atoms with Gasteiger partial charge in [0.2, 0.25) is 0 Å². The van der Waals surface area contributed by atoms with Gasteiger partial charge in [0.25, 0.3) is 0 Å². The van der Waals surface area contributed by atoms with E-state index >= 15 is 0 Å². The zero-order chi connectivity index (χ0) is 36.3. The summed E-state index contributed by atoms with van der Waals surface area (Å²) in [7, 11) is 0. The van der Waals surface area contributed by atoms with Crippen LogP contribution in [-0.2, 0) is 0 Å². The third-order valence-electron chi connectivity index (χ3n) is 11.0. The van der Waals surface area contributed by atoms with E-state index in [1.54, 1.807) is 0 Å². The molecule has 0 aliphatic heterocycles. The lowest BCUT2D eigenvalue weighted by molar-refractivity contribution is 0.670. The van der Waals surface area contributed by atoms with Crippen molar-refractivity contribution in [2.75, 3.05) is 4.90 Å². The van der Waals surface area contributed by atoms with Crippen LogP contribution in [0.5, 0.6) is 0 Å². The molecule has 0 amide bonds. The summed E-state index contributed by atoms with van der Waals surface area (Å²) in [6, 6.07) is 73.9. The largest absolute Gasteiger partial charge is 0.455 e. The Morgan fingerprint density at radius 2 is 0.982 bits per heavy atom. The van der Waals surface area contributed by atoms with Gasteiger partial charge in [-0.25, -0.2) is 0 Å². The quantitative estimate of drug-likeness (QED) is 0.172. The number of anilines is 3. The fourth-order valence-corrected chi connectivity index (χ4v) is 8.35. The van der Waals surface area contributed by atoms with Gasteiger partial charge in [0, 0.05) is 49.9 Å². The molecule has 0 N–H and O–H groups in total. The van der Waals surface area contributed by atoms with E-state index in [2.05, 4.69) is 204 Å². The molecular formula is C52H34N2O. The Labute approximate surface area is 318 Å². The number of hydrogen-bond donors (Lipinski definition) is 0. The standard InChI is InChI=1S/C52H34N2O/c1-2-12-35(13-3-1)36-24-26-40(27-25-36)53(43-17-10-16-39(32-43)44-20-11-21-47-46-19-7-9-23-51(46)55-52(44)47)41-28-30-42(31-29-41)54-49-22-8-6-18-45(49)48-33-37-14-4-5-15-38(37)34-50(48)54/h1-34H. The number of fused-ring (bicyclic) bond motifs is 7. The summed E-state index contributed by atoms with van der Waals surface area (Å²) in [4.78, 5) is 2.35. The summed E-state index contributed by atoms with van der Waals surface area (Å²) < 4.78 is 8.88. The van der Waals surface area contributed by atoms with Crippen LogP contribution in [0.4, 0.5) is 17.1 Å². The van der Waals surface area contributed by atoms with Gasteiger partial charge >= 0.3 is 0 Å².